The zero-order valence-corrected chi connectivity index (χ0v) is 18.7. The summed E-state index contributed by atoms with van der Waals surface area (Å²) < 4.78 is 50.7. The summed E-state index contributed by atoms with van der Waals surface area (Å²) in [5.41, 5.74) is -0.424. The van der Waals surface area contributed by atoms with Crippen LogP contribution in [0, 0.1) is 0 Å². The van der Waals surface area contributed by atoms with Crippen LogP contribution in [0.25, 0.3) is 22.3 Å². The molecule has 0 aliphatic heterocycles. The minimum Gasteiger partial charge on any atom is -0.383 e. The highest BCUT2D eigenvalue weighted by Gasteiger charge is 2.30. The number of benzene rings is 2. The van der Waals surface area contributed by atoms with E-state index in [4.69, 9.17) is 20.9 Å². The summed E-state index contributed by atoms with van der Waals surface area (Å²) in [5.74, 6) is 0.357. The van der Waals surface area contributed by atoms with Crippen LogP contribution in [0.4, 0.5) is 13.2 Å². The smallest absolute Gasteiger partial charge is 0.383 e. The zero-order valence-electron chi connectivity index (χ0n) is 17.1. The highest BCUT2D eigenvalue weighted by Crippen LogP contribution is 2.32. The topological polar surface area (TPSA) is 83.0 Å². The van der Waals surface area contributed by atoms with Gasteiger partial charge in [-0.2, -0.15) is 18.2 Å². The van der Waals surface area contributed by atoms with Crippen molar-refractivity contribution in [1.82, 2.24) is 19.7 Å². The molecular weight excluding hydrogens is 481 g/mol. The van der Waals surface area contributed by atoms with Crippen LogP contribution in [0.15, 0.2) is 56.9 Å². The van der Waals surface area contributed by atoms with Crippen LogP contribution in [-0.2, 0) is 23.2 Å². The van der Waals surface area contributed by atoms with Crippen LogP contribution in [0.1, 0.15) is 11.5 Å². The first-order valence-electron chi connectivity index (χ1n) is 9.58. The largest absolute Gasteiger partial charge is 0.416 e. The Morgan fingerprint density at radius 3 is 2.76 bits per heavy atom. The number of alkyl halides is 3. The molecule has 0 atom stereocenters. The minimum atomic E-state index is -4.48. The second-order valence-electron chi connectivity index (χ2n) is 6.88. The summed E-state index contributed by atoms with van der Waals surface area (Å²) in [6.07, 6.45) is -4.48. The van der Waals surface area contributed by atoms with Crippen molar-refractivity contribution >= 4 is 34.3 Å². The molecule has 0 radical (unpaired) electrons. The maximum Gasteiger partial charge on any atom is 0.416 e. The van der Waals surface area contributed by atoms with E-state index < -0.39 is 11.7 Å². The Kier molecular flexibility index (Phi) is 6.73. The monoisotopic (exact) mass is 496 g/mol. The average Bonchev–Trinajstić information content (AvgIpc) is 3.26. The molecule has 4 rings (SSSR count). The van der Waals surface area contributed by atoms with Gasteiger partial charge in [-0.25, -0.2) is 4.98 Å². The van der Waals surface area contributed by atoms with Gasteiger partial charge in [0.05, 0.1) is 35.4 Å². The molecule has 2 aromatic heterocycles. The predicted octanol–water partition coefficient (Wildman–Crippen LogP) is 5.06. The molecule has 2 heterocycles. The molecule has 0 unspecified atom stereocenters. The first kappa shape index (κ1) is 23.3. The van der Waals surface area contributed by atoms with Crippen LogP contribution in [0.5, 0.6) is 0 Å². The minimum absolute atomic E-state index is 0.0340. The number of thioether (sulfide) groups is 1. The van der Waals surface area contributed by atoms with Crippen molar-refractivity contribution in [2.45, 2.75) is 23.6 Å². The Bertz CT molecular complexity index is 1360. The third kappa shape index (κ3) is 5.21. The summed E-state index contributed by atoms with van der Waals surface area (Å²) in [7, 11) is 1.53. The molecule has 0 bridgehead atoms. The van der Waals surface area contributed by atoms with Gasteiger partial charge in [0.2, 0.25) is 11.7 Å². The van der Waals surface area contributed by atoms with Gasteiger partial charge in [-0.15, -0.1) is 0 Å². The highest BCUT2D eigenvalue weighted by molar-refractivity contribution is 7.98. The van der Waals surface area contributed by atoms with E-state index in [0.717, 1.165) is 12.1 Å². The van der Waals surface area contributed by atoms with Gasteiger partial charge in [-0.05, 0) is 30.3 Å². The summed E-state index contributed by atoms with van der Waals surface area (Å²) in [4.78, 5) is 21.7. The molecule has 0 saturated carbocycles. The summed E-state index contributed by atoms with van der Waals surface area (Å²) in [6, 6.07) is 9.51. The predicted molar refractivity (Wildman–Crippen MR) is 117 cm³/mol. The molecule has 4 aromatic rings. The van der Waals surface area contributed by atoms with Crippen molar-refractivity contribution in [1.29, 1.82) is 0 Å². The van der Waals surface area contributed by atoms with Gasteiger partial charge in [0, 0.05) is 17.7 Å². The number of rotatable bonds is 7. The van der Waals surface area contributed by atoms with Crippen molar-refractivity contribution in [3.05, 3.63) is 69.3 Å². The normalized spacial score (nSPS) is 11.9. The summed E-state index contributed by atoms with van der Waals surface area (Å²) in [5, 5.41) is 5.04. The molecule has 0 aliphatic rings. The molecule has 0 aliphatic carbocycles. The lowest BCUT2D eigenvalue weighted by molar-refractivity contribution is -0.137. The molecule has 0 fully saturated rings. The van der Waals surface area contributed by atoms with Gasteiger partial charge in [0.15, 0.2) is 5.16 Å². The number of hydrogen-bond acceptors (Lipinski definition) is 7. The fourth-order valence-electron chi connectivity index (χ4n) is 3.06. The summed E-state index contributed by atoms with van der Waals surface area (Å²) in [6.45, 7) is 0.580. The van der Waals surface area contributed by atoms with E-state index in [9.17, 15) is 18.0 Å². The lowest BCUT2D eigenvalue weighted by atomic mass is 10.1. The fraction of sp³-hybridized carbons (Fsp3) is 0.238. The Morgan fingerprint density at radius 2 is 2.00 bits per heavy atom. The van der Waals surface area contributed by atoms with Gasteiger partial charge < -0.3 is 9.26 Å². The number of aromatic nitrogens is 4. The van der Waals surface area contributed by atoms with Crippen LogP contribution in [0.2, 0.25) is 5.02 Å². The zero-order chi connectivity index (χ0) is 23.6. The van der Waals surface area contributed by atoms with Crippen molar-refractivity contribution < 1.29 is 22.4 Å². The molecule has 172 valence electrons. The van der Waals surface area contributed by atoms with E-state index in [-0.39, 0.29) is 35.1 Å². The van der Waals surface area contributed by atoms with E-state index in [1.54, 1.807) is 18.2 Å². The van der Waals surface area contributed by atoms with E-state index in [1.807, 2.05) is 0 Å². The van der Waals surface area contributed by atoms with Crippen LogP contribution in [0.3, 0.4) is 0 Å². The molecule has 0 amide bonds. The molecule has 7 nitrogen and oxygen atoms in total. The number of ether oxygens (including phenoxy) is 1. The standard InChI is InChI=1S/C21H16ClF3N4O3S/c1-31-8-7-29-19(30)15-6-5-14(22)10-16(15)26-20(29)33-11-17-27-18(28-32-17)12-3-2-4-13(9-12)21(23,24)25/h2-6,9-10H,7-8,11H2,1H3. The van der Waals surface area contributed by atoms with Gasteiger partial charge in [0.25, 0.3) is 5.56 Å². The average molecular weight is 497 g/mol. The molecule has 12 heteroatoms. The first-order chi connectivity index (χ1) is 15.8. The number of hydrogen-bond donors (Lipinski definition) is 0. The number of nitrogens with zero attached hydrogens (tertiary/aromatic N) is 4. The molecule has 0 spiro atoms. The van der Waals surface area contributed by atoms with Gasteiger partial charge in [0.1, 0.15) is 0 Å². The van der Waals surface area contributed by atoms with E-state index in [1.165, 1.54) is 35.6 Å². The van der Waals surface area contributed by atoms with Gasteiger partial charge >= 0.3 is 6.18 Å². The van der Waals surface area contributed by atoms with Gasteiger partial charge in [-0.3, -0.25) is 9.36 Å². The second-order valence-corrected chi connectivity index (χ2v) is 8.26. The Labute approximate surface area is 194 Å². The number of fused-ring (bicyclic) bond motifs is 1. The van der Waals surface area contributed by atoms with Crippen molar-refractivity contribution in [2.24, 2.45) is 0 Å². The quantitative estimate of drug-likeness (QED) is 0.261. The van der Waals surface area contributed by atoms with Crippen molar-refractivity contribution in [3.63, 3.8) is 0 Å². The van der Waals surface area contributed by atoms with Gasteiger partial charge in [-0.1, -0.05) is 40.7 Å². The van der Waals surface area contributed by atoms with E-state index >= 15 is 0 Å². The Balaban J connectivity index is 1.60. The summed E-state index contributed by atoms with van der Waals surface area (Å²) >= 11 is 7.22. The molecular formula is C21H16ClF3N4O3S. The van der Waals surface area contributed by atoms with Crippen LogP contribution < -0.4 is 5.56 Å². The van der Waals surface area contributed by atoms with E-state index in [0.29, 0.717) is 27.7 Å². The van der Waals surface area contributed by atoms with E-state index in [2.05, 4.69) is 15.1 Å². The maximum atomic E-state index is 13.0. The lowest BCUT2D eigenvalue weighted by Crippen LogP contribution is -2.25. The van der Waals surface area contributed by atoms with Crippen molar-refractivity contribution in [2.75, 3.05) is 13.7 Å². The van der Waals surface area contributed by atoms with Crippen molar-refractivity contribution in [3.8, 4) is 11.4 Å². The Morgan fingerprint density at radius 1 is 1.18 bits per heavy atom. The SMILES string of the molecule is COCCn1c(SCc2nc(-c3cccc(C(F)(F)F)c3)no2)nc2cc(Cl)ccc2c1=O. The first-order valence-corrected chi connectivity index (χ1v) is 10.9. The van der Waals surface area contributed by atoms with Crippen LogP contribution >= 0.6 is 23.4 Å². The molecule has 2 aromatic carbocycles. The number of methoxy groups -OCH3 is 1. The fourth-order valence-corrected chi connectivity index (χ4v) is 4.08. The molecule has 0 saturated heterocycles. The maximum absolute atomic E-state index is 13.0. The lowest BCUT2D eigenvalue weighted by Gasteiger charge is -2.12. The highest BCUT2D eigenvalue weighted by atomic mass is 35.5. The third-order valence-corrected chi connectivity index (χ3v) is 5.84. The molecule has 0 N–H and O–H groups in total. The Hall–Kier alpha value is -2.89. The third-order valence-electron chi connectivity index (χ3n) is 4.64. The molecule has 33 heavy (non-hydrogen) atoms. The number of halogens is 4. The second kappa shape index (κ2) is 9.54. The van der Waals surface area contributed by atoms with Crippen LogP contribution in [-0.4, -0.2) is 33.4 Å².